The molecular weight excluding hydrogens is 488 g/mol. The number of hydrogen-bond donors (Lipinski definition) is 0. The van der Waals surface area contributed by atoms with Gasteiger partial charge in [-0.3, -0.25) is 9.78 Å². The van der Waals surface area contributed by atoms with Crippen molar-refractivity contribution in [2.45, 2.75) is 51.6 Å². The van der Waals surface area contributed by atoms with Crippen LogP contribution in [-0.4, -0.2) is 34.2 Å². The van der Waals surface area contributed by atoms with Crippen molar-refractivity contribution in [2.75, 3.05) is 0 Å². The Balaban J connectivity index is 1.54. The number of rotatable bonds is 10. The van der Waals surface area contributed by atoms with Gasteiger partial charge in [0.1, 0.15) is 22.3 Å². The van der Waals surface area contributed by atoms with Crippen LogP contribution in [0.2, 0.25) is 26.2 Å². The molecule has 190 valence electrons. The van der Waals surface area contributed by atoms with Crippen LogP contribution in [0.4, 0.5) is 0 Å². The molecule has 1 aliphatic rings. The van der Waals surface area contributed by atoms with E-state index in [1.807, 2.05) is 42.1 Å². The van der Waals surface area contributed by atoms with E-state index in [0.717, 1.165) is 6.42 Å². The highest BCUT2D eigenvalue weighted by molar-refractivity contribution is 6.94. The maximum Gasteiger partial charge on any atom is 0.373 e. The number of benzene rings is 2. The van der Waals surface area contributed by atoms with Gasteiger partial charge in [0.25, 0.3) is 0 Å². The molecule has 1 saturated carbocycles. The molecular formula is C28H34O6Si2. The standard InChI is InChI=1S/C28H34O6Si2/c1-7-35(3,4)23-17-13-21(14-18-23)27(29)33-31-25-11-9-10-12-26(25)32-34-28(30)22-15-19-24(20-16-22)36(5,6)8-2/h7-9,13-20,25H,1-2,10-12H2,3-6H3. The van der Waals surface area contributed by atoms with Crippen LogP contribution >= 0.6 is 0 Å². The highest BCUT2D eigenvalue weighted by Gasteiger charge is 2.33. The normalized spacial score (nSPS) is 16.7. The summed E-state index contributed by atoms with van der Waals surface area (Å²) in [4.78, 5) is 45.9. The van der Waals surface area contributed by atoms with Gasteiger partial charge in [0.2, 0.25) is 0 Å². The van der Waals surface area contributed by atoms with E-state index in [9.17, 15) is 9.59 Å². The van der Waals surface area contributed by atoms with E-state index in [1.165, 1.54) is 10.4 Å². The maximum atomic E-state index is 12.5. The second-order valence-electron chi connectivity index (χ2n) is 9.95. The molecule has 3 rings (SSSR count). The summed E-state index contributed by atoms with van der Waals surface area (Å²) in [5.74, 6) is -1.21. The second-order valence-corrected chi connectivity index (χ2v) is 18.8. The fraction of sp³-hybridized carbons (Fsp3) is 0.286. The molecule has 0 aromatic heterocycles. The maximum absolute atomic E-state index is 12.5. The SMILES string of the molecule is C=C[Si](C)(C)c1ccc(C(=O)OO[C]2CC[CH]CC2OOC(=O)c2ccc([Si](C)(C)C=C)cc2)cc1. The minimum absolute atomic E-state index is 0.380. The zero-order valence-electron chi connectivity index (χ0n) is 21.4. The molecule has 0 heterocycles. The molecule has 1 unspecified atom stereocenters. The molecule has 36 heavy (non-hydrogen) atoms. The largest absolute Gasteiger partial charge is 0.373 e. The van der Waals surface area contributed by atoms with Crippen molar-refractivity contribution in [1.29, 1.82) is 0 Å². The lowest BCUT2D eigenvalue weighted by atomic mass is 9.95. The first-order valence-electron chi connectivity index (χ1n) is 12.0. The molecule has 2 radical (unpaired) electrons. The van der Waals surface area contributed by atoms with Crippen molar-refractivity contribution in [1.82, 2.24) is 0 Å². The van der Waals surface area contributed by atoms with Crippen molar-refractivity contribution < 1.29 is 29.1 Å². The Morgan fingerprint density at radius 3 is 1.75 bits per heavy atom. The molecule has 6 nitrogen and oxygen atoms in total. The Morgan fingerprint density at radius 1 is 0.806 bits per heavy atom. The zero-order chi connectivity index (χ0) is 26.3. The van der Waals surface area contributed by atoms with Crippen molar-refractivity contribution in [3.8, 4) is 0 Å². The Labute approximate surface area is 215 Å². The van der Waals surface area contributed by atoms with Gasteiger partial charge in [-0.25, -0.2) is 9.59 Å². The molecule has 0 aliphatic heterocycles. The number of hydrogen-bond acceptors (Lipinski definition) is 6. The van der Waals surface area contributed by atoms with E-state index in [1.54, 1.807) is 24.3 Å². The second kappa shape index (κ2) is 12.0. The minimum Gasteiger partial charge on any atom is -0.292 e. The monoisotopic (exact) mass is 522 g/mol. The molecule has 0 amide bonds. The average Bonchev–Trinajstić information content (AvgIpc) is 2.90. The predicted octanol–water partition coefficient (Wildman–Crippen LogP) is 5.13. The Morgan fingerprint density at radius 2 is 1.28 bits per heavy atom. The van der Waals surface area contributed by atoms with Gasteiger partial charge in [-0.05, 0) is 49.9 Å². The molecule has 0 N–H and O–H groups in total. The van der Waals surface area contributed by atoms with Gasteiger partial charge >= 0.3 is 11.9 Å². The minimum atomic E-state index is -1.71. The van der Waals surface area contributed by atoms with Crippen molar-refractivity contribution in [3.05, 3.63) is 96.7 Å². The van der Waals surface area contributed by atoms with Crippen molar-refractivity contribution in [2.24, 2.45) is 0 Å². The summed E-state index contributed by atoms with van der Waals surface area (Å²) in [6, 6.07) is 14.6. The molecule has 0 saturated heterocycles. The van der Waals surface area contributed by atoms with Crippen LogP contribution < -0.4 is 10.4 Å². The van der Waals surface area contributed by atoms with Crippen LogP contribution in [0, 0.1) is 12.5 Å². The molecule has 8 heteroatoms. The van der Waals surface area contributed by atoms with Gasteiger partial charge in [-0.2, -0.15) is 9.78 Å². The summed E-state index contributed by atoms with van der Waals surface area (Å²) in [6.07, 6.45) is 3.43. The van der Waals surface area contributed by atoms with Crippen molar-refractivity contribution in [3.63, 3.8) is 0 Å². The van der Waals surface area contributed by atoms with Crippen LogP contribution in [0.1, 0.15) is 40.0 Å². The van der Waals surface area contributed by atoms with Crippen molar-refractivity contribution >= 4 is 38.5 Å². The molecule has 1 atom stereocenters. The molecule has 2 aromatic carbocycles. The number of carbonyl (C=O) groups is 2. The summed E-state index contributed by atoms with van der Waals surface area (Å²) < 4.78 is 0. The highest BCUT2D eigenvalue weighted by atomic mass is 28.3. The predicted molar refractivity (Wildman–Crippen MR) is 146 cm³/mol. The van der Waals surface area contributed by atoms with Crippen LogP contribution in [0.15, 0.2) is 73.1 Å². The Kier molecular flexibility index (Phi) is 9.24. The van der Waals surface area contributed by atoms with E-state index in [2.05, 4.69) is 39.3 Å². The van der Waals surface area contributed by atoms with Crippen LogP contribution in [0.25, 0.3) is 0 Å². The Bertz CT molecular complexity index is 989. The summed E-state index contributed by atoms with van der Waals surface area (Å²) in [6.45, 7) is 16.5. The topological polar surface area (TPSA) is 71.1 Å². The van der Waals surface area contributed by atoms with Crippen LogP contribution in [0.5, 0.6) is 0 Å². The first kappa shape index (κ1) is 27.8. The zero-order valence-corrected chi connectivity index (χ0v) is 23.4. The lowest BCUT2D eigenvalue weighted by Gasteiger charge is -2.26. The van der Waals surface area contributed by atoms with E-state index in [4.69, 9.17) is 19.6 Å². The summed E-state index contributed by atoms with van der Waals surface area (Å²) >= 11 is 0. The Hall–Kier alpha value is -2.79. The van der Waals surface area contributed by atoms with Gasteiger partial charge in [0.05, 0.1) is 11.1 Å². The lowest BCUT2D eigenvalue weighted by Crippen LogP contribution is -2.39. The third-order valence-corrected chi connectivity index (χ3v) is 12.2. The lowest BCUT2D eigenvalue weighted by molar-refractivity contribution is -0.317. The quantitative estimate of drug-likeness (QED) is 0.245. The van der Waals surface area contributed by atoms with E-state index in [-0.39, 0.29) is 0 Å². The average molecular weight is 523 g/mol. The molecule has 2 aromatic rings. The van der Waals surface area contributed by atoms with Crippen LogP contribution in [-0.2, 0) is 19.6 Å². The van der Waals surface area contributed by atoms with E-state index >= 15 is 0 Å². The van der Waals surface area contributed by atoms with Gasteiger partial charge in [0.15, 0.2) is 6.10 Å². The van der Waals surface area contributed by atoms with Crippen LogP contribution in [0.3, 0.4) is 0 Å². The summed E-state index contributed by atoms with van der Waals surface area (Å²) in [5.41, 5.74) is 4.75. The first-order chi connectivity index (χ1) is 17.1. The summed E-state index contributed by atoms with van der Waals surface area (Å²) in [5, 5.41) is 2.34. The first-order valence-corrected chi connectivity index (χ1v) is 18.1. The molecule has 0 bridgehead atoms. The number of carbonyl (C=O) groups excluding carboxylic acids is 2. The molecule has 1 fully saturated rings. The highest BCUT2D eigenvalue weighted by Crippen LogP contribution is 2.30. The van der Waals surface area contributed by atoms with E-state index in [0.29, 0.717) is 30.1 Å². The molecule has 0 spiro atoms. The third-order valence-electron chi connectivity index (χ3n) is 6.55. The van der Waals surface area contributed by atoms with Gasteiger partial charge in [0, 0.05) is 0 Å². The van der Waals surface area contributed by atoms with Gasteiger partial charge in [-0.1, -0.05) is 72.2 Å². The van der Waals surface area contributed by atoms with E-state index < -0.39 is 34.2 Å². The molecule has 1 aliphatic carbocycles. The fourth-order valence-corrected chi connectivity index (χ4v) is 6.11. The smallest absolute Gasteiger partial charge is 0.292 e. The third kappa shape index (κ3) is 6.91. The van der Waals surface area contributed by atoms with Gasteiger partial charge in [-0.15, -0.1) is 13.2 Å². The fourth-order valence-electron chi connectivity index (χ4n) is 3.59. The van der Waals surface area contributed by atoms with Gasteiger partial charge < -0.3 is 0 Å². The summed E-state index contributed by atoms with van der Waals surface area (Å²) in [7, 11) is -3.42.